The average Bonchev–Trinajstić information content (AvgIpc) is 2.78. The van der Waals surface area contributed by atoms with E-state index in [0.29, 0.717) is 17.5 Å². The number of hydrogen-bond acceptors (Lipinski definition) is 3. The van der Waals surface area contributed by atoms with Crippen LogP contribution in [0.3, 0.4) is 0 Å². The van der Waals surface area contributed by atoms with E-state index in [1.807, 2.05) is 30.3 Å². The highest BCUT2D eigenvalue weighted by molar-refractivity contribution is 5.90. The van der Waals surface area contributed by atoms with Gasteiger partial charge in [0.1, 0.15) is 12.3 Å². The van der Waals surface area contributed by atoms with Crippen LogP contribution < -0.4 is 0 Å². The molecular formula is C14H13NO3. The monoisotopic (exact) mass is 243 g/mol. The highest BCUT2D eigenvalue weighted by Gasteiger charge is 2.12. The third kappa shape index (κ3) is 2.66. The summed E-state index contributed by atoms with van der Waals surface area (Å²) in [5.74, 6) is -0.436. The molecule has 1 aromatic carbocycles. The van der Waals surface area contributed by atoms with Gasteiger partial charge in [-0.2, -0.15) is 0 Å². The number of hydrogen-bond donors (Lipinski definition) is 0. The number of esters is 1. The molecule has 0 radical (unpaired) electrons. The lowest BCUT2D eigenvalue weighted by atomic mass is 10.2. The van der Waals surface area contributed by atoms with Crippen LogP contribution in [0, 0.1) is 0 Å². The number of nitrogens with zero attached hydrogens (tertiary/aromatic N) is 1. The third-order valence-electron chi connectivity index (χ3n) is 2.58. The molecule has 4 nitrogen and oxygen atoms in total. The largest absolute Gasteiger partial charge is 0.456 e. The molecule has 0 aliphatic rings. The molecule has 0 amide bonds. The molecule has 0 aliphatic heterocycles. The highest BCUT2D eigenvalue weighted by atomic mass is 16.5. The van der Waals surface area contributed by atoms with Crippen molar-refractivity contribution < 1.29 is 14.3 Å². The molecular weight excluding hydrogens is 230 g/mol. The zero-order valence-electron chi connectivity index (χ0n) is 10.00. The summed E-state index contributed by atoms with van der Waals surface area (Å²) in [7, 11) is 1.70. The van der Waals surface area contributed by atoms with Gasteiger partial charge in [-0.3, -0.25) is 4.79 Å². The number of ether oxygens (including phenoxy) is 1. The Morgan fingerprint density at radius 1 is 1.33 bits per heavy atom. The molecule has 4 heteroatoms. The van der Waals surface area contributed by atoms with E-state index in [-0.39, 0.29) is 6.61 Å². The van der Waals surface area contributed by atoms with Crippen LogP contribution >= 0.6 is 0 Å². The standard InChI is InChI=1S/C14H13NO3/c1-15-8-12(9-16)7-13(15)14(17)18-10-11-5-3-2-4-6-11/h2-9H,10H2,1H3. The van der Waals surface area contributed by atoms with Crippen molar-refractivity contribution in [3.05, 3.63) is 59.4 Å². The van der Waals surface area contributed by atoms with Crippen LogP contribution in [0.2, 0.25) is 0 Å². The van der Waals surface area contributed by atoms with Crippen LogP contribution in [-0.4, -0.2) is 16.8 Å². The van der Waals surface area contributed by atoms with Gasteiger partial charge in [0.2, 0.25) is 0 Å². The first-order valence-electron chi connectivity index (χ1n) is 5.53. The summed E-state index contributed by atoms with van der Waals surface area (Å²) in [5, 5.41) is 0. The smallest absolute Gasteiger partial charge is 0.355 e. The predicted molar refractivity (Wildman–Crippen MR) is 66.4 cm³/mol. The predicted octanol–water partition coefficient (Wildman–Crippen LogP) is 2.19. The van der Waals surface area contributed by atoms with Crippen LogP contribution in [-0.2, 0) is 18.4 Å². The Labute approximate surface area is 105 Å². The summed E-state index contributed by atoms with van der Waals surface area (Å²) in [5.41, 5.74) is 1.76. The maximum Gasteiger partial charge on any atom is 0.355 e. The van der Waals surface area contributed by atoms with Crippen LogP contribution in [0.25, 0.3) is 0 Å². The van der Waals surface area contributed by atoms with Crippen LogP contribution in [0.1, 0.15) is 26.4 Å². The molecule has 0 spiro atoms. The Morgan fingerprint density at radius 3 is 2.67 bits per heavy atom. The molecule has 0 fully saturated rings. The molecule has 18 heavy (non-hydrogen) atoms. The number of carbonyl (C=O) groups is 2. The quantitative estimate of drug-likeness (QED) is 0.611. The van der Waals surface area contributed by atoms with Crippen molar-refractivity contribution in [2.24, 2.45) is 7.05 Å². The van der Waals surface area contributed by atoms with E-state index in [4.69, 9.17) is 4.74 Å². The summed E-state index contributed by atoms with van der Waals surface area (Å²) >= 11 is 0. The number of rotatable bonds is 4. The lowest BCUT2D eigenvalue weighted by molar-refractivity contribution is 0.0461. The fourth-order valence-corrected chi connectivity index (χ4v) is 1.65. The second-order valence-corrected chi connectivity index (χ2v) is 3.95. The SMILES string of the molecule is Cn1cc(C=O)cc1C(=O)OCc1ccccc1. The van der Waals surface area contributed by atoms with Crippen molar-refractivity contribution >= 4 is 12.3 Å². The number of aldehydes is 1. The lowest BCUT2D eigenvalue weighted by Gasteiger charge is -2.05. The van der Waals surface area contributed by atoms with E-state index >= 15 is 0 Å². The first-order chi connectivity index (χ1) is 8.70. The first kappa shape index (κ1) is 12.1. The van der Waals surface area contributed by atoms with Gasteiger partial charge in [0.05, 0.1) is 0 Å². The van der Waals surface area contributed by atoms with Crippen LogP contribution in [0.4, 0.5) is 0 Å². The van der Waals surface area contributed by atoms with Gasteiger partial charge in [-0.1, -0.05) is 30.3 Å². The highest BCUT2D eigenvalue weighted by Crippen LogP contribution is 2.09. The van der Waals surface area contributed by atoms with Gasteiger partial charge >= 0.3 is 5.97 Å². The average molecular weight is 243 g/mol. The molecule has 0 bridgehead atoms. The maximum atomic E-state index is 11.8. The van der Waals surface area contributed by atoms with Crippen molar-refractivity contribution in [3.63, 3.8) is 0 Å². The van der Waals surface area contributed by atoms with E-state index < -0.39 is 5.97 Å². The minimum Gasteiger partial charge on any atom is -0.456 e. The van der Waals surface area contributed by atoms with E-state index in [2.05, 4.69) is 0 Å². The normalized spacial score (nSPS) is 10.1. The molecule has 1 heterocycles. The van der Waals surface area contributed by atoms with Crippen molar-refractivity contribution in [3.8, 4) is 0 Å². The minimum atomic E-state index is -0.436. The number of aromatic nitrogens is 1. The van der Waals surface area contributed by atoms with Crippen LogP contribution in [0.15, 0.2) is 42.6 Å². The third-order valence-corrected chi connectivity index (χ3v) is 2.58. The van der Waals surface area contributed by atoms with E-state index in [0.717, 1.165) is 5.56 Å². The Morgan fingerprint density at radius 2 is 2.06 bits per heavy atom. The Hall–Kier alpha value is -2.36. The van der Waals surface area contributed by atoms with E-state index in [9.17, 15) is 9.59 Å². The second-order valence-electron chi connectivity index (χ2n) is 3.95. The van der Waals surface area contributed by atoms with Crippen molar-refractivity contribution in [1.29, 1.82) is 0 Å². The molecule has 0 saturated carbocycles. The maximum absolute atomic E-state index is 11.8. The number of carbonyl (C=O) groups excluding carboxylic acids is 2. The Kier molecular flexibility index (Phi) is 3.57. The van der Waals surface area contributed by atoms with Gasteiger partial charge in [0.25, 0.3) is 0 Å². The van der Waals surface area contributed by atoms with Crippen molar-refractivity contribution in [2.75, 3.05) is 0 Å². The minimum absolute atomic E-state index is 0.223. The van der Waals surface area contributed by atoms with E-state index in [1.54, 1.807) is 17.8 Å². The molecule has 0 atom stereocenters. The number of aryl methyl sites for hydroxylation is 1. The lowest BCUT2D eigenvalue weighted by Crippen LogP contribution is -2.09. The summed E-state index contributed by atoms with van der Waals surface area (Å²) in [6.45, 7) is 0.223. The van der Waals surface area contributed by atoms with Gasteiger partial charge in [0, 0.05) is 18.8 Å². The van der Waals surface area contributed by atoms with Crippen molar-refractivity contribution in [1.82, 2.24) is 4.57 Å². The molecule has 0 N–H and O–H groups in total. The van der Waals surface area contributed by atoms with Gasteiger partial charge in [-0.05, 0) is 11.6 Å². The summed E-state index contributed by atoms with van der Waals surface area (Å²) in [4.78, 5) is 22.4. The Bertz CT molecular complexity index is 558. The molecule has 0 aliphatic carbocycles. The molecule has 0 unspecified atom stereocenters. The summed E-state index contributed by atoms with van der Waals surface area (Å²) in [6, 6.07) is 11.0. The molecule has 0 saturated heterocycles. The van der Waals surface area contributed by atoms with Gasteiger partial charge in [0.15, 0.2) is 6.29 Å². The molecule has 1 aromatic heterocycles. The topological polar surface area (TPSA) is 48.3 Å². The van der Waals surface area contributed by atoms with Gasteiger partial charge < -0.3 is 9.30 Å². The zero-order valence-corrected chi connectivity index (χ0v) is 10.00. The van der Waals surface area contributed by atoms with Gasteiger partial charge in [-0.15, -0.1) is 0 Å². The number of benzene rings is 1. The molecule has 2 aromatic rings. The molecule has 92 valence electrons. The van der Waals surface area contributed by atoms with Crippen molar-refractivity contribution in [2.45, 2.75) is 6.61 Å². The summed E-state index contributed by atoms with van der Waals surface area (Å²) < 4.78 is 6.76. The van der Waals surface area contributed by atoms with Crippen LogP contribution in [0.5, 0.6) is 0 Å². The fourth-order valence-electron chi connectivity index (χ4n) is 1.65. The Balaban J connectivity index is 2.03. The molecule has 2 rings (SSSR count). The van der Waals surface area contributed by atoms with Gasteiger partial charge in [-0.25, -0.2) is 4.79 Å². The second kappa shape index (κ2) is 5.31. The fraction of sp³-hybridized carbons (Fsp3) is 0.143. The first-order valence-corrected chi connectivity index (χ1v) is 5.53. The summed E-state index contributed by atoms with van der Waals surface area (Å²) in [6.07, 6.45) is 2.29. The van der Waals surface area contributed by atoms with E-state index in [1.165, 1.54) is 6.07 Å². The zero-order chi connectivity index (χ0) is 13.0.